The van der Waals surface area contributed by atoms with Crippen molar-refractivity contribution in [2.45, 2.75) is 25.8 Å². The van der Waals surface area contributed by atoms with Crippen LogP contribution in [0.2, 0.25) is 0 Å². The van der Waals surface area contributed by atoms with Gasteiger partial charge in [-0.3, -0.25) is 19.3 Å². The van der Waals surface area contributed by atoms with E-state index in [0.717, 1.165) is 11.3 Å². The number of likely N-dealkylation sites (tertiary alicyclic amines) is 1. The van der Waals surface area contributed by atoms with Crippen molar-refractivity contribution in [3.05, 3.63) is 12.2 Å². The van der Waals surface area contributed by atoms with Crippen molar-refractivity contribution in [3.8, 4) is 0 Å². The molecule has 2 aliphatic carbocycles. The third-order valence-electron chi connectivity index (χ3n) is 4.53. The lowest BCUT2D eigenvalue weighted by Crippen LogP contribution is -2.48. The summed E-state index contributed by atoms with van der Waals surface area (Å²) in [4.78, 5) is 37.2. The average Bonchev–Trinajstić information content (AvgIpc) is 2.98. The summed E-state index contributed by atoms with van der Waals surface area (Å²) in [6.45, 7) is 1.76. The zero-order valence-corrected chi connectivity index (χ0v) is 10.2. The molecule has 1 aliphatic heterocycles. The lowest BCUT2D eigenvalue weighted by atomic mass is 9.85. The normalized spacial score (nSPS) is 38.4. The van der Waals surface area contributed by atoms with E-state index in [1.54, 1.807) is 6.92 Å². The molecule has 2 N–H and O–H groups in total. The first-order chi connectivity index (χ1) is 8.56. The number of nitrogens with two attached hydrogens (primary N) is 1. The van der Waals surface area contributed by atoms with Gasteiger partial charge in [-0.15, -0.1) is 0 Å². The van der Waals surface area contributed by atoms with E-state index in [9.17, 15) is 14.4 Å². The first-order valence-corrected chi connectivity index (χ1v) is 6.40. The number of amides is 3. The Morgan fingerprint density at radius 1 is 1.33 bits per heavy atom. The van der Waals surface area contributed by atoms with Gasteiger partial charge >= 0.3 is 0 Å². The predicted octanol–water partition coefficient (Wildman–Crippen LogP) is 0.0574. The zero-order chi connectivity index (χ0) is 13.0. The van der Waals surface area contributed by atoms with Crippen LogP contribution in [-0.2, 0) is 14.4 Å². The Labute approximate surface area is 105 Å². The first kappa shape index (κ1) is 11.4. The lowest BCUT2D eigenvalue weighted by molar-refractivity contribution is -0.147. The summed E-state index contributed by atoms with van der Waals surface area (Å²) in [7, 11) is 0. The minimum atomic E-state index is -0.782. The highest BCUT2D eigenvalue weighted by Gasteiger charge is 2.60. The number of fused-ring (bicyclic) bond motifs is 5. The Kier molecular flexibility index (Phi) is 2.33. The third-order valence-corrected chi connectivity index (χ3v) is 4.53. The maximum absolute atomic E-state index is 12.4. The minimum Gasteiger partial charge on any atom is -0.368 e. The van der Waals surface area contributed by atoms with Crippen LogP contribution in [0.5, 0.6) is 0 Å². The molecule has 18 heavy (non-hydrogen) atoms. The fraction of sp³-hybridized carbons (Fsp3) is 0.615. The van der Waals surface area contributed by atoms with Crippen molar-refractivity contribution in [3.63, 3.8) is 0 Å². The number of rotatable bonds is 3. The number of hydrogen-bond donors (Lipinski definition) is 1. The summed E-state index contributed by atoms with van der Waals surface area (Å²) in [6, 6.07) is -0.782. The van der Waals surface area contributed by atoms with Gasteiger partial charge < -0.3 is 5.73 Å². The summed E-state index contributed by atoms with van der Waals surface area (Å²) < 4.78 is 0. The Morgan fingerprint density at radius 3 is 2.22 bits per heavy atom. The first-order valence-electron chi connectivity index (χ1n) is 6.40. The van der Waals surface area contributed by atoms with E-state index in [4.69, 9.17) is 5.73 Å². The van der Waals surface area contributed by atoms with Crippen LogP contribution in [0.25, 0.3) is 0 Å². The fourth-order valence-electron chi connectivity index (χ4n) is 3.74. The molecule has 0 unspecified atom stereocenters. The summed E-state index contributed by atoms with van der Waals surface area (Å²) in [5, 5.41) is 0. The van der Waals surface area contributed by atoms with E-state index in [-0.39, 0.29) is 35.5 Å². The highest BCUT2D eigenvalue weighted by atomic mass is 16.2. The van der Waals surface area contributed by atoms with Crippen LogP contribution in [0.3, 0.4) is 0 Å². The SMILES string of the molecule is CC[C@H](C(N)=O)N1C(=O)[C@@H]2[C@H](C1=O)[C@H]1C=C[C@H]2C1. The predicted molar refractivity (Wildman–Crippen MR) is 62.8 cm³/mol. The summed E-state index contributed by atoms with van der Waals surface area (Å²) in [5.41, 5.74) is 5.29. The van der Waals surface area contributed by atoms with Crippen LogP contribution in [0.4, 0.5) is 0 Å². The van der Waals surface area contributed by atoms with E-state index in [1.165, 1.54) is 0 Å². The van der Waals surface area contributed by atoms with Crippen LogP contribution in [0.1, 0.15) is 19.8 Å². The molecule has 0 aromatic rings. The Balaban J connectivity index is 1.94. The van der Waals surface area contributed by atoms with Gasteiger partial charge in [0.2, 0.25) is 17.7 Å². The quantitative estimate of drug-likeness (QED) is 0.566. The highest BCUT2D eigenvalue weighted by Crippen LogP contribution is 2.52. The number of carbonyl (C=O) groups excluding carboxylic acids is 3. The van der Waals surface area contributed by atoms with E-state index in [2.05, 4.69) is 0 Å². The van der Waals surface area contributed by atoms with Gasteiger partial charge in [-0.2, -0.15) is 0 Å². The van der Waals surface area contributed by atoms with Gasteiger partial charge in [0.15, 0.2) is 0 Å². The van der Waals surface area contributed by atoms with Crippen LogP contribution >= 0.6 is 0 Å². The Bertz CT molecular complexity index is 441. The van der Waals surface area contributed by atoms with Crippen LogP contribution in [0.15, 0.2) is 12.2 Å². The van der Waals surface area contributed by atoms with Crippen molar-refractivity contribution in [1.82, 2.24) is 4.90 Å². The highest BCUT2D eigenvalue weighted by molar-refractivity contribution is 6.09. The van der Waals surface area contributed by atoms with Gasteiger partial charge in [-0.05, 0) is 24.7 Å². The van der Waals surface area contributed by atoms with Gasteiger partial charge in [0, 0.05) is 0 Å². The molecular weight excluding hydrogens is 232 g/mol. The molecule has 3 aliphatic rings. The molecule has 3 rings (SSSR count). The molecule has 2 bridgehead atoms. The second kappa shape index (κ2) is 3.67. The van der Waals surface area contributed by atoms with Crippen molar-refractivity contribution in [2.24, 2.45) is 29.4 Å². The molecule has 1 saturated carbocycles. The number of primary amides is 1. The molecule has 3 amide bonds. The molecule has 1 saturated heterocycles. The second-order valence-corrected chi connectivity index (χ2v) is 5.37. The van der Waals surface area contributed by atoms with Gasteiger partial charge in [0.25, 0.3) is 0 Å². The fourth-order valence-corrected chi connectivity index (χ4v) is 3.74. The zero-order valence-electron chi connectivity index (χ0n) is 10.2. The molecule has 0 aromatic carbocycles. The molecule has 5 atom stereocenters. The smallest absolute Gasteiger partial charge is 0.240 e. The van der Waals surface area contributed by atoms with Crippen LogP contribution in [0, 0.1) is 23.7 Å². The third kappa shape index (κ3) is 1.24. The molecular formula is C13H16N2O3. The molecule has 5 heteroatoms. The second-order valence-electron chi connectivity index (χ2n) is 5.37. The number of carbonyl (C=O) groups is 3. The molecule has 5 nitrogen and oxygen atoms in total. The van der Waals surface area contributed by atoms with Gasteiger partial charge in [-0.1, -0.05) is 19.1 Å². The lowest BCUT2D eigenvalue weighted by Gasteiger charge is -2.24. The molecule has 2 fully saturated rings. The van der Waals surface area contributed by atoms with Gasteiger partial charge in [0.05, 0.1) is 11.8 Å². The van der Waals surface area contributed by atoms with E-state index in [1.807, 2.05) is 12.2 Å². The Hall–Kier alpha value is -1.65. The molecule has 0 aromatic heterocycles. The molecule has 1 heterocycles. The topological polar surface area (TPSA) is 80.5 Å². The van der Waals surface area contributed by atoms with Crippen LogP contribution < -0.4 is 5.73 Å². The number of allylic oxidation sites excluding steroid dienone is 2. The van der Waals surface area contributed by atoms with E-state index < -0.39 is 11.9 Å². The summed E-state index contributed by atoms with van der Waals surface area (Å²) in [5.74, 6) is -1.15. The van der Waals surface area contributed by atoms with E-state index in [0.29, 0.717) is 6.42 Å². The summed E-state index contributed by atoms with van der Waals surface area (Å²) in [6.07, 6.45) is 5.35. The van der Waals surface area contributed by atoms with Gasteiger partial charge in [0.1, 0.15) is 6.04 Å². The Morgan fingerprint density at radius 2 is 1.83 bits per heavy atom. The van der Waals surface area contributed by atoms with Crippen molar-refractivity contribution in [1.29, 1.82) is 0 Å². The number of hydrogen-bond acceptors (Lipinski definition) is 3. The average molecular weight is 248 g/mol. The van der Waals surface area contributed by atoms with Crippen molar-refractivity contribution >= 4 is 17.7 Å². The number of imide groups is 1. The van der Waals surface area contributed by atoms with Crippen molar-refractivity contribution in [2.75, 3.05) is 0 Å². The maximum Gasteiger partial charge on any atom is 0.240 e. The standard InChI is InChI=1S/C13H16N2O3/c1-2-8(11(14)16)15-12(17)9-6-3-4-7(5-6)10(9)13(15)18/h3-4,6-10H,2,5H2,1H3,(H2,14,16)/t6-,7-,8+,9-,10+/m0/s1. The van der Waals surface area contributed by atoms with Crippen molar-refractivity contribution < 1.29 is 14.4 Å². The summed E-state index contributed by atoms with van der Waals surface area (Å²) >= 11 is 0. The monoisotopic (exact) mass is 248 g/mol. The minimum absolute atomic E-state index is 0.173. The van der Waals surface area contributed by atoms with Crippen LogP contribution in [-0.4, -0.2) is 28.7 Å². The van der Waals surface area contributed by atoms with E-state index >= 15 is 0 Å². The molecule has 0 spiro atoms. The maximum atomic E-state index is 12.4. The largest absolute Gasteiger partial charge is 0.368 e. The molecule has 0 radical (unpaired) electrons. The van der Waals surface area contributed by atoms with Gasteiger partial charge in [-0.25, -0.2) is 0 Å². The number of nitrogens with zero attached hydrogens (tertiary/aromatic N) is 1. The molecule has 96 valence electrons.